The van der Waals surface area contributed by atoms with E-state index in [4.69, 9.17) is 10.5 Å². The third-order valence-electron chi connectivity index (χ3n) is 4.67. The van der Waals surface area contributed by atoms with E-state index in [-0.39, 0.29) is 29.5 Å². The van der Waals surface area contributed by atoms with E-state index in [0.29, 0.717) is 18.0 Å². The third kappa shape index (κ3) is 3.88. The summed E-state index contributed by atoms with van der Waals surface area (Å²) in [4.78, 5) is 33.4. The molecule has 2 atom stereocenters. The molecular formula is C19H22FN5O3. The van der Waals surface area contributed by atoms with Crippen LogP contribution in [0, 0.1) is 11.7 Å². The van der Waals surface area contributed by atoms with Gasteiger partial charge in [0.1, 0.15) is 18.2 Å². The first-order chi connectivity index (χ1) is 13.3. The van der Waals surface area contributed by atoms with Gasteiger partial charge in [0.2, 0.25) is 5.95 Å². The quantitative estimate of drug-likeness (QED) is 0.789. The predicted molar refractivity (Wildman–Crippen MR) is 101 cm³/mol. The molecule has 0 saturated carbocycles. The maximum Gasteiger partial charge on any atom is 0.415 e. The van der Waals surface area contributed by atoms with E-state index in [1.807, 2.05) is 13.8 Å². The van der Waals surface area contributed by atoms with Gasteiger partial charge in [-0.1, -0.05) is 19.9 Å². The zero-order valence-corrected chi connectivity index (χ0v) is 15.8. The van der Waals surface area contributed by atoms with Crippen molar-refractivity contribution in [2.75, 3.05) is 16.8 Å². The number of cyclic esters (lactones) is 1. The normalized spacial score (nSPS) is 17.5. The van der Waals surface area contributed by atoms with Crippen LogP contribution in [0.3, 0.4) is 0 Å². The molecule has 0 bridgehead atoms. The van der Waals surface area contributed by atoms with Crippen molar-refractivity contribution in [3.05, 3.63) is 47.4 Å². The molecule has 2 amide bonds. The average Bonchev–Trinajstić information content (AvgIpc) is 3.03. The molecule has 2 heterocycles. The molecule has 8 nitrogen and oxygen atoms in total. The lowest BCUT2D eigenvalue weighted by molar-refractivity contribution is 0.0996. The Balaban J connectivity index is 1.80. The molecule has 1 aliphatic heterocycles. The largest absolute Gasteiger partial charge is 0.447 e. The summed E-state index contributed by atoms with van der Waals surface area (Å²) in [7, 11) is 0. The molecule has 2 aromatic rings. The van der Waals surface area contributed by atoms with Crippen molar-refractivity contribution >= 4 is 23.8 Å². The summed E-state index contributed by atoms with van der Waals surface area (Å²) in [6, 6.07) is 5.38. The number of anilines is 2. The number of carbonyl (C=O) groups excluding carboxylic acids is 2. The van der Waals surface area contributed by atoms with Crippen molar-refractivity contribution in [3.63, 3.8) is 0 Å². The van der Waals surface area contributed by atoms with Crippen LogP contribution < -0.4 is 16.0 Å². The number of halogens is 1. The Morgan fingerprint density at radius 3 is 2.75 bits per heavy atom. The van der Waals surface area contributed by atoms with Crippen molar-refractivity contribution in [3.8, 4) is 0 Å². The number of rotatable bonds is 6. The Hall–Kier alpha value is -3.23. The van der Waals surface area contributed by atoms with Crippen LogP contribution in [0.15, 0.2) is 30.5 Å². The van der Waals surface area contributed by atoms with Crippen LogP contribution in [0.2, 0.25) is 0 Å². The van der Waals surface area contributed by atoms with Crippen molar-refractivity contribution in [1.29, 1.82) is 0 Å². The van der Waals surface area contributed by atoms with E-state index in [0.717, 1.165) is 0 Å². The Kier molecular flexibility index (Phi) is 5.43. The van der Waals surface area contributed by atoms with Gasteiger partial charge in [-0.15, -0.1) is 0 Å². The topological polar surface area (TPSA) is 110 Å². The fourth-order valence-corrected chi connectivity index (χ4v) is 3.02. The molecule has 28 heavy (non-hydrogen) atoms. The number of hydrogen-bond acceptors (Lipinski definition) is 6. The third-order valence-corrected chi connectivity index (χ3v) is 4.67. The number of primary amides is 1. The minimum Gasteiger partial charge on any atom is -0.447 e. The summed E-state index contributed by atoms with van der Waals surface area (Å²) in [5.41, 5.74) is 5.56. The number of amides is 2. The first kappa shape index (κ1) is 19.5. The number of nitrogens with zero attached hydrogens (tertiary/aromatic N) is 3. The first-order valence-corrected chi connectivity index (χ1v) is 8.92. The Morgan fingerprint density at radius 2 is 2.11 bits per heavy atom. The minimum atomic E-state index is -0.821. The summed E-state index contributed by atoms with van der Waals surface area (Å²) < 4.78 is 19.2. The van der Waals surface area contributed by atoms with Gasteiger partial charge in [-0.05, 0) is 36.6 Å². The summed E-state index contributed by atoms with van der Waals surface area (Å²) in [5.74, 6) is -0.595. The number of benzene rings is 1. The highest BCUT2D eigenvalue weighted by Crippen LogP contribution is 2.27. The van der Waals surface area contributed by atoms with Gasteiger partial charge in [0.05, 0.1) is 17.6 Å². The lowest BCUT2D eigenvalue weighted by atomic mass is 10.0. The zero-order valence-electron chi connectivity index (χ0n) is 15.8. The van der Waals surface area contributed by atoms with Crippen molar-refractivity contribution < 1.29 is 18.7 Å². The molecule has 0 unspecified atom stereocenters. The number of ether oxygens (including phenoxy) is 1. The summed E-state index contributed by atoms with van der Waals surface area (Å²) in [5, 5.41) is 3.07. The van der Waals surface area contributed by atoms with Gasteiger partial charge in [-0.3, -0.25) is 9.69 Å². The number of nitrogens with one attached hydrogen (secondary N) is 1. The monoisotopic (exact) mass is 387 g/mol. The summed E-state index contributed by atoms with van der Waals surface area (Å²) in [6.45, 7) is 6.12. The Morgan fingerprint density at radius 1 is 1.36 bits per heavy atom. The molecule has 1 aromatic heterocycles. The molecule has 0 aliphatic carbocycles. The highest BCUT2D eigenvalue weighted by Gasteiger charge is 2.37. The van der Waals surface area contributed by atoms with Crippen LogP contribution in [0.1, 0.15) is 42.7 Å². The fourth-order valence-electron chi connectivity index (χ4n) is 3.02. The lowest BCUT2D eigenvalue weighted by Gasteiger charge is -2.23. The van der Waals surface area contributed by atoms with Gasteiger partial charge in [-0.25, -0.2) is 14.2 Å². The lowest BCUT2D eigenvalue weighted by Crippen LogP contribution is -2.37. The molecule has 3 N–H and O–H groups in total. The second kappa shape index (κ2) is 7.79. The van der Waals surface area contributed by atoms with Crippen LogP contribution in [-0.4, -0.2) is 34.6 Å². The van der Waals surface area contributed by atoms with Crippen LogP contribution in [0.4, 0.5) is 21.0 Å². The summed E-state index contributed by atoms with van der Waals surface area (Å²) in [6.07, 6.45) is 1.09. The fraction of sp³-hybridized carbons (Fsp3) is 0.368. The van der Waals surface area contributed by atoms with Crippen molar-refractivity contribution in [2.24, 2.45) is 11.7 Å². The van der Waals surface area contributed by atoms with E-state index in [1.165, 1.54) is 23.2 Å². The smallest absolute Gasteiger partial charge is 0.415 e. The average molecular weight is 387 g/mol. The molecule has 1 aliphatic rings. The molecule has 148 valence electrons. The highest BCUT2D eigenvalue weighted by atomic mass is 19.1. The molecule has 1 fully saturated rings. The predicted octanol–water partition coefficient (Wildman–Crippen LogP) is 2.87. The van der Waals surface area contributed by atoms with E-state index in [2.05, 4.69) is 15.3 Å². The Labute approximate surface area is 161 Å². The molecule has 9 heteroatoms. The zero-order chi connectivity index (χ0) is 20.4. The van der Waals surface area contributed by atoms with Crippen LogP contribution in [0.5, 0.6) is 0 Å². The SMILES string of the molecule is CC(C)[C@H]1COC(=O)N1c1ccnc(N[C@@H](C)c2ccc(C(N)=O)c(F)c2)n1. The second-order valence-corrected chi connectivity index (χ2v) is 6.97. The van der Waals surface area contributed by atoms with E-state index >= 15 is 0 Å². The molecule has 3 rings (SSSR count). The molecule has 0 spiro atoms. The van der Waals surface area contributed by atoms with Crippen LogP contribution >= 0.6 is 0 Å². The molecule has 1 saturated heterocycles. The van der Waals surface area contributed by atoms with Gasteiger partial charge in [-0.2, -0.15) is 4.98 Å². The van der Waals surface area contributed by atoms with Gasteiger partial charge in [0, 0.05) is 6.20 Å². The van der Waals surface area contributed by atoms with Crippen molar-refractivity contribution in [1.82, 2.24) is 9.97 Å². The standard InChI is InChI=1S/C19H22FN5O3/c1-10(2)15-9-28-19(27)25(15)16-6-7-22-18(24-16)23-11(3)12-4-5-13(17(21)26)14(20)8-12/h4-8,10-11,15H,9H2,1-3H3,(H2,21,26)(H,22,23,24)/t11-,15+/m0/s1. The van der Waals surface area contributed by atoms with Crippen molar-refractivity contribution in [2.45, 2.75) is 32.9 Å². The summed E-state index contributed by atoms with van der Waals surface area (Å²) >= 11 is 0. The van der Waals surface area contributed by atoms with Gasteiger partial charge in [0.15, 0.2) is 0 Å². The number of hydrogen-bond donors (Lipinski definition) is 2. The van der Waals surface area contributed by atoms with Crippen LogP contribution in [-0.2, 0) is 4.74 Å². The Bertz CT molecular complexity index is 905. The molecule has 1 aromatic carbocycles. The maximum absolute atomic E-state index is 14.0. The molecular weight excluding hydrogens is 365 g/mol. The van der Waals surface area contributed by atoms with E-state index in [1.54, 1.807) is 19.1 Å². The second-order valence-electron chi connectivity index (χ2n) is 6.97. The number of carbonyl (C=O) groups is 2. The van der Waals surface area contributed by atoms with Crippen LogP contribution in [0.25, 0.3) is 0 Å². The van der Waals surface area contributed by atoms with Gasteiger partial charge >= 0.3 is 6.09 Å². The van der Waals surface area contributed by atoms with E-state index < -0.39 is 17.8 Å². The van der Waals surface area contributed by atoms with E-state index in [9.17, 15) is 14.0 Å². The minimum absolute atomic E-state index is 0.108. The number of nitrogens with two attached hydrogens (primary N) is 1. The maximum atomic E-state index is 14.0. The van der Waals surface area contributed by atoms with Gasteiger partial charge < -0.3 is 15.8 Å². The molecule has 0 radical (unpaired) electrons. The van der Waals surface area contributed by atoms with Gasteiger partial charge in [0.25, 0.3) is 5.91 Å². The number of aromatic nitrogens is 2. The highest BCUT2D eigenvalue weighted by molar-refractivity contribution is 5.93. The first-order valence-electron chi connectivity index (χ1n) is 8.92.